The van der Waals surface area contributed by atoms with E-state index in [1.807, 2.05) is 35.2 Å². The molecule has 188 valence electrons. The Kier molecular flexibility index (Phi) is 7.06. The number of benzene rings is 3. The number of nitrogens with zero attached hydrogens (tertiary/aromatic N) is 2. The largest absolute Gasteiger partial charge is 0.454 e. The summed E-state index contributed by atoms with van der Waals surface area (Å²) in [6.45, 7) is 0.548. The number of nitrogens with one attached hydrogen (secondary N) is 1. The normalized spacial score (nSPS) is 18.1. The zero-order valence-electron chi connectivity index (χ0n) is 20.4. The number of nitriles is 1. The summed E-state index contributed by atoms with van der Waals surface area (Å²) >= 11 is 0. The van der Waals surface area contributed by atoms with Crippen LogP contribution in [0.1, 0.15) is 57.5 Å². The van der Waals surface area contributed by atoms with Gasteiger partial charge in [-0.15, -0.1) is 0 Å². The van der Waals surface area contributed by atoms with Crippen LogP contribution in [-0.4, -0.2) is 35.6 Å². The van der Waals surface area contributed by atoms with E-state index < -0.39 is 0 Å². The molecule has 8 heteroatoms. The molecular formula is C29H28N4O4. The lowest BCUT2D eigenvalue weighted by Crippen LogP contribution is -2.43. The van der Waals surface area contributed by atoms with Crippen molar-refractivity contribution in [1.82, 2.24) is 4.90 Å². The molecule has 3 N–H and O–H groups in total. The molecule has 2 aliphatic rings. The number of hydrogen-bond donors (Lipinski definition) is 2. The van der Waals surface area contributed by atoms with E-state index in [0.717, 1.165) is 31.2 Å². The van der Waals surface area contributed by atoms with Crippen molar-refractivity contribution in [2.45, 2.75) is 44.3 Å². The predicted molar refractivity (Wildman–Crippen MR) is 138 cm³/mol. The number of hydrogen-bond acceptors (Lipinski definition) is 6. The van der Waals surface area contributed by atoms with Gasteiger partial charge in [0, 0.05) is 35.4 Å². The van der Waals surface area contributed by atoms with Crippen molar-refractivity contribution in [2.75, 3.05) is 12.1 Å². The van der Waals surface area contributed by atoms with Crippen LogP contribution in [0.5, 0.6) is 11.5 Å². The average Bonchev–Trinajstić information content (AvgIpc) is 3.40. The van der Waals surface area contributed by atoms with Crippen LogP contribution >= 0.6 is 0 Å². The van der Waals surface area contributed by atoms with Gasteiger partial charge in [-0.2, -0.15) is 5.26 Å². The first-order valence-electron chi connectivity index (χ1n) is 12.4. The van der Waals surface area contributed by atoms with Gasteiger partial charge in [-0.25, -0.2) is 0 Å². The highest BCUT2D eigenvalue weighted by atomic mass is 16.7. The van der Waals surface area contributed by atoms with Crippen LogP contribution in [0.15, 0.2) is 66.7 Å². The maximum Gasteiger partial charge on any atom is 0.255 e. The molecule has 2 amide bonds. The van der Waals surface area contributed by atoms with Crippen LogP contribution in [0.4, 0.5) is 5.69 Å². The van der Waals surface area contributed by atoms with Gasteiger partial charge in [0.2, 0.25) is 6.79 Å². The first-order valence-corrected chi connectivity index (χ1v) is 12.4. The molecule has 37 heavy (non-hydrogen) atoms. The molecule has 1 aliphatic carbocycles. The van der Waals surface area contributed by atoms with Gasteiger partial charge < -0.3 is 25.4 Å². The Morgan fingerprint density at radius 1 is 0.946 bits per heavy atom. The molecule has 0 atom stereocenters. The van der Waals surface area contributed by atoms with Gasteiger partial charge in [0.1, 0.15) is 0 Å². The fourth-order valence-electron chi connectivity index (χ4n) is 4.82. The fourth-order valence-corrected chi connectivity index (χ4v) is 4.82. The highest BCUT2D eigenvalue weighted by molar-refractivity contribution is 6.04. The quantitative estimate of drug-likeness (QED) is 0.521. The molecule has 3 aromatic carbocycles. The third kappa shape index (κ3) is 5.57. The first-order chi connectivity index (χ1) is 18.0. The smallest absolute Gasteiger partial charge is 0.255 e. The lowest BCUT2D eigenvalue weighted by molar-refractivity contribution is 0.0606. The molecule has 8 nitrogen and oxygen atoms in total. The van der Waals surface area contributed by atoms with Crippen LogP contribution < -0.4 is 20.5 Å². The van der Waals surface area contributed by atoms with Crippen LogP contribution in [0.2, 0.25) is 0 Å². The van der Waals surface area contributed by atoms with Gasteiger partial charge in [0.15, 0.2) is 11.5 Å². The SMILES string of the molecule is N#Cc1ccc(C(=O)Nc2cccc(CN(C(=O)c3ccc4c(c3)OCO4)C3CCC(N)CC3)c2)cc1. The van der Waals surface area contributed by atoms with E-state index in [1.165, 1.54) is 0 Å². The highest BCUT2D eigenvalue weighted by Crippen LogP contribution is 2.34. The number of nitrogens with two attached hydrogens (primary N) is 1. The summed E-state index contributed by atoms with van der Waals surface area (Å²) in [6, 6.07) is 21.5. The Hall–Kier alpha value is -4.35. The Morgan fingerprint density at radius 3 is 2.43 bits per heavy atom. The Morgan fingerprint density at radius 2 is 1.68 bits per heavy atom. The number of fused-ring (bicyclic) bond motifs is 1. The Labute approximate surface area is 215 Å². The van der Waals surface area contributed by atoms with Gasteiger partial charge in [-0.1, -0.05) is 12.1 Å². The Bertz CT molecular complexity index is 1340. The lowest BCUT2D eigenvalue weighted by atomic mass is 9.90. The van der Waals surface area contributed by atoms with E-state index in [-0.39, 0.29) is 30.7 Å². The molecule has 5 rings (SSSR count). The summed E-state index contributed by atoms with van der Waals surface area (Å²) in [5, 5.41) is 11.9. The number of anilines is 1. The minimum Gasteiger partial charge on any atom is -0.454 e. The van der Waals surface area contributed by atoms with Crippen molar-refractivity contribution in [1.29, 1.82) is 5.26 Å². The van der Waals surface area contributed by atoms with E-state index in [9.17, 15) is 9.59 Å². The van der Waals surface area contributed by atoms with Crippen molar-refractivity contribution in [3.8, 4) is 17.6 Å². The second kappa shape index (κ2) is 10.7. The third-order valence-corrected chi connectivity index (χ3v) is 6.88. The number of carbonyl (C=O) groups is 2. The highest BCUT2D eigenvalue weighted by Gasteiger charge is 2.29. The van der Waals surface area contributed by atoms with E-state index in [0.29, 0.717) is 40.4 Å². The van der Waals surface area contributed by atoms with Gasteiger partial charge in [-0.05, 0) is 85.8 Å². The summed E-state index contributed by atoms with van der Waals surface area (Å²) in [5.41, 5.74) is 9.18. The minimum absolute atomic E-state index is 0.0645. The number of amides is 2. The van der Waals surface area contributed by atoms with Crippen LogP contribution in [0, 0.1) is 11.3 Å². The van der Waals surface area contributed by atoms with Gasteiger partial charge in [-0.3, -0.25) is 9.59 Å². The van der Waals surface area contributed by atoms with Crippen molar-refractivity contribution in [2.24, 2.45) is 5.73 Å². The molecule has 1 heterocycles. The molecule has 0 bridgehead atoms. The molecule has 0 spiro atoms. The molecule has 0 radical (unpaired) electrons. The molecule has 0 aromatic heterocycles. The van der Waals surface area contributed by atoms with Crippen molar-refractivity contribution >= 4 is 17.5 Å². The molecule has 3 aromatic rings. The third-order valence-electron chi connectivity index (χ3n) is 6.88. The first kappa shape index (κ1) is 24.3. The number of carbonyl (C=O) groups excluding carboxylic acids is 2. The minimum atomic E-state index is -0.267. The molecule has 0 saturated heterocycles. The number of rotatable bonds is 6. The van der Waals surface area contributed by atoms with Crippen molar-refractivity contribution in [3.63, 3.8) is 0 Å². The molecule has 1 aliphatic heterocycles. The molecule has 0 unspecified atom stereocenters. The predicted octanol–water partition coefficient (Wildman–Crippen LogP) is 4.45. The summed E-state index contributed by atoms with van der Waals surface area (Å²) in [4.78, 5) is 28.4. The summed E-state index contributed by atoms with van der Waals surface area (Å²) < 4.78 is 10.9. The van der Waals surface area contributed by atoms with E-state index >= 15 is 0 Å². The maximum atomic E-state index is 13.7. The fraction of sp³-hybridized carbons (Fsp3) is 0.276. The monoisotopic (exact) mass is 496 g/mol. The zero-order chi connectivity index (χ0) is 25.8. The second-order valence-electron chi connectivity index (χ2n) is 9.41. The summed E-state index contributed by atoms with van der Waals surface area (Å²) in [5.74, 6) is 0.864. The standard InChI is InChI=1S/C29H28N4O4/c30-16-19-4-6-21(7-5-19)28(34)32-24-3-1-2-20(14-24)17-33(25-11-9-23(31)10-12-25)29(35)22-8-13-26-27(15-22)37-18-36-26/h1-8,13-15,23,25H,9-12,17-18,31H2,(H,32,34). The molecular weight excluding hydrogens is 468 g/mol. The van der Waals surface area contributed by atoms with E-state index in [1.54, 1.807) is 42.5 Å². The van der Waals surface area contributed by atoms with Gasteiger partial charge in [0.05, 0.1) is 11.6 Å². The molecule has 1 saturated carbocycles. The summed E-state index contributed by atoms with van der Waals surface area (Å²) in [7, 11) is 0. The zero-order valence-corrected chi connectivity index (χ0v) is 20.4. The van der Waals surface area contributed by atoms with E-state index in [2.05, 4.69) is 5.32 Å². The average molecular weight is 497 g/mol. The summed E-state index contributed by atoms with van der Waals surface area (Å²) in [6.07, 6.45) is 3.42. The number of ether oxygens (including phenoxy) is 2. The topological polar surface area (TPSA) is 118 Å². The maximum absolute atomic E-state index is 13.7. The van der Waals surface area contributed by atoms with Crippen LogP contribution in [-0.2, 0) is 6.54 Å². The van der Waals surface area contributed by atoms with Crippen LogP contribution in [0.3, 0.4) is 0 Å². The van der Waals surface area contributed by atoms with Gasteiger partial charge in [0.25, 0.3) is 11.8 Å². The van der Waals surface area contributed by atoms with E-state index in [4.69, 9.17) is 20.5 Å². The molecule has 1 fully saturated rings. The van der Waals surface area contributed by atoms with Gasteiger partial charge >= 0.3 is 0 Å². The van der Waals surface area contributed by atoms with Crippen molar-refractivity contribution < 1.29 is 19.1 Å². The lowest BCUT2D eigenvalue weighted by Gasteiger charge is -2.36. The second-order valence-corrected chi connectivity index (χ2v) is 9.41. The Balaban J connectivity index is 1.35. The van der Waals surface area contributed by atoms with Crippen molar-refractivity contribution in [3.05, 3.63) is 89.0 Å². The van der Waals surface area contributed by atoms with Crippen LogP contribution in [0.25, 0.3) is 0 Å².